The molecule has 1 aliphatic heterocycles. The van der Waals surface area contributed by atoms with Gasteiger partial charge in [-0.25, -0.2) is 5.21 Å². The topological polar surface area (TPSA) is 33.9 Å². The van der Waals surface area contributed by atoms with Gasteiger partial charge in [0.15, 0.2) is 0 Å². The molecule has 2 unspecified atom stereocenters. The average Bonchev–Trinajstić information content (AvgIpc) is 1.62. The Morgan fingerprint density at radius 2 is 2.50 bits per heavy atom. The molecule has 1 aliphatic rings. The Kier molecular flexibility index (Phi) is 1.83. The molecule has 2 N–H and O–H groups in total. The molecule has 0 spiro atoms. The Labute approximate surface area is 48.8 Å². The van der Waals surface area contributed by atoms with E-state index < -0.39 is 0 Å². The summed E-state index contributed by atoms with van der Waals surface area (Å²) in [5.74, 6) is 0. The maximum absolute atomic E-state index is 8.97. The molecule has 0 amide bonds. The molecule has 0 radical (unpaired) electrons. The summed E-state index contributed by atoms with van der Waals surface area (Å²) in [7, 11) is 0. The van der Waals surface area contributed by atoms with Gasteiger partial charge in [-0.1, -0.05) is 0 Å². The number of hydroxylamine groups is 2. The van der Waals surface area contributed by atoms with Crippen LogP contribution in [0.15, 0.2) is 0 Å². The van der Waals surface area contributed by atoms with Crippen LogP contribution in [-0.2, 0) is 4.74 Å². The molecular weight excluding hydrogens is 106 g/mol. The largest absolute Gasteiger partial charge is 0.326 e. The Bertz CT molecular complexity index is 70.1. The molecule has 0 aromatic heterocycles. The van der Waals surface area contributed by atoms with Gasteiger partial charge in [-0.2, -0.15) is 5.06 Å². The molecule has 3 nitrogen and oxygen atoms in total. The van der Waals surface area contributed by atoms with Crippen molar-refractivity contribution in [3.8, 4) is 0 Å². The van der Waals surface area contributed by atoms with Gasteiger partial charge in [-0.15, -0.1) is 0 Å². The fourth-order valence-electron chi connectivity index (χ4n) is 0.726. The molecule has 0 aromatic rings. The summed E-state index contributed by atoms with van der Waals surface area (Å²) in [4.78, 5) is 0. The highest BCUT2D eigenvalue weighted by Gasteiger charge is 2.27. The summed E-state index contributed by atoms with van der Waals surface area (Å²) < 4.78 is 5.00. The van der Waals surface area contributed by atoms with Crippen LogP contribution in [0.2, 0.25) is 0 Å². The third kappa shape index (κ3) is 0.992. The number of nitrogens with one attached hydrogen (secondary N) is 1. The van der Waals surface area contributed by atoms with Crippen molar-refractivity contribution in [2.24, 2.45) is 0 Å². The van der Waals surface area contributed by atoms with Gasteiger partial charge >= 0.3 is 0 Å². The zero-order valence-corrected chi connectivity index (χ0v) is 5.05. The lowest BCUT2D eigenvalue weighted by atomic mass is 10.3. The van der Waals surface area contributed by atoms with E-state index in [1.165, 1.54) is 0 Å². The summed E-state index contributed by atoms with van der Waals surface area (Å²) in [6, 6.07) is 0. The van der Waals surface area contributed by atoms with E-state index in [1.807, 2.05) is 6.92 Å². The number of ether oxygens (including phenoxy) is 1. The van der Waals surface area contributed by atoms with Crippen LogP contribution in [0.3, 0.4) is 0 Å². The van der Waals surface area contributed by atoms with E-state index in [9.17, 15) is 0 Å². The van der Waals surface area contributed by atoms with Crippen LogP contribution in [0.25, 0.3) is 0 Å². The molecule has 0 aliphatic carbocycles. The van der Waals surface area contributed by atoms with Crippen LogP contribution in [0.4, 0.5) is 0 Å². The molecule has 48 valence electrons. The van der Waals surface area contributed by atoms with E-state index in [1.54, 1.807) is 0 Å². The zero-order valence-electron chi connectivity index (χ0n) is 5.05. The monoisotopic (exact) mass is 118 g/mol. The SMILES string of the molecule is CC[NH+](O)C1CCO1. The van der Waals surface area contributed by atoms with Gasteiger partial charge in [0.25, 0.3) is 0 Å². The molecule has 1 heterocycles. The number of rotatable bonds is 2. The Balaban J connectivity index is 2.13. The van der Waals surface area contributed by atoms with Gasteiger partial charge in [0.2, 0.25) is 6.23 Å². The molecule has 2 atom stereocenters. The van der Waals surface area contributed by atoms with Crippen molar-refractivity contribution in [3.05, 3.63) is 0 Å². The third-order valence-electron chi connectivity index (χ3n) is 1.43. The first-order valence-electron chi connectivity index (χ1n) is 3.01. The lowest BCUT2D eigenvalue weighted by Gasteiger charge is -2.27. The predicted molar refractivity (Wildman–Crippen MR) is 27.6 cm³/mol. The zero-order chi connectivity index (χ0) is 5.98. The maximum atomic E-state index is 8.97. The molecule has 0 aromatic carbocycles. The number of hydrogen-bond donors (Lipinski definition) is 2. The lowest BCUT2D eigenvalue weighted by Crippen LogP contribution is -3.15. The molecule has 0 saturated carbocycles. The van der Waals surface area contributed by atoms with Crippen molar-refractivity contribution in [1.82, 2.24) is 0 Å². The fourth-order valence-corrected chi connectivity index (χ4v) is 0.726. The van der Waals surface area contributed by atoms with E-state index in [4.69, 9.17) is 9.94 Å². The van der Waals surface area contributed by atoms with Crippen LogP contribution < -0.4 is 5.06 Å². The quantitative estimate of drug-likeness (QED) is 0.457. The van der Waals surface area contributed by atoms with Crippen LogP contribution >= 0.6 is 0 Å². The lowest BCUT2D eigenvalue weighted by molar-refractivity contribution is -1.13. The highest BCUT2D eigenvalue weighted by molar-refractivity contribution is 4.49. The van der Waals surface area contributed by atoms with Crippen molar-refractivity contribution in [1.29, 1.82) is 0 Å². The molecular formula is C5H12NO2+. The standard InChI is InChI=1S/C5H11NO2/c1-2-6(7)5-3-4-8-5/h5,7H,2-4H2,1H3/p+1. The van der Waals surface area contributed by atoms with Gasteiger partial charge < -0.3 is 4.74 Å². The van der Waals surface area contributed by atoms with Crippen molar-refractivity contribution >= 4 is 0 Å². The summed E-state index contributed by atoms with van der Waals surface area (Å²) in [5.41, 5.74) is 0. The van der Waals surface area contributed by atoms with E-state index in [2.05, 4.69) is 0 Å². The summed E-state index contributed by atoms with van der Waals surface area (Å²) in [5, 5.41) is 9.47. The van der Waals surface area contributed by atoms with Crippen LogP contribution in [0, 0.1) is 0 Å². The van der Waals surface area contributed by atoms with Crippen molar-refractivity contribution < 1.29 is 15.0 Å². The normalized spacial score (nSPS) is 31.5. The van der Waals surface area contributed by atoms with Gasteiger partial charge in [0, 0.05) is 0 Å². The Morgan fingerprint density at radius 3 is 2.62 bits per heavy atom. The average molecular weight is 118 g/mol. The highest BCUT2D eigenvalue weighted by Crippen LogP contribution is 2.01. The second kappa shape index (κ2) is 2.44. The first-order valence-corrected chi connectivity index (χ1v) is 3.01. The molecule has 1 rings (SSSR count). The van der Waals surface area contributed by atoms with Crippen LogP contribution in [-0.4, -0.2) is 24.6 Å². The molecule has 1 fully saturated rings. The van der Waals surface area contributed by atoms with E-state index in [0.29, 0.717) is 5.06 Å². The Morgan fingerprint density at radius 1 is 1.88 bits per heavy atom. The van der Waals surface area contributed by atoms with Crippen molar-refractivity contribution in [2.75, 3.05) is 13.2 Å². The number of quaternary nitrogens is 1. The van der Waals surface area contributed by atoms with Crippen molar-refractivity contribution in [2.45, 2.75) is 19.6 Å². The highest BCUT2D eigenvalue weighted by atomic mass is 16.6. The maximum Gasteiger partial charge on any atom is 0.223 e. The number of hydrogen-bond acceptors (Lipinski definition) is 2. The first kappa shape index (κ1) is 6.01. The molecule has 0 bridgehead atoms. The Hall–Kier alpha value is -0.120. The van der Waals surface area contributed by atoms with Gasteiger partial charge in [0.05, 0.1) is 13.0 Å². The summed E-state index contributed by atoms with van der Waals surface area (Å²) >= 11 is 0. The fraction of sp³-hybridized carbons (Fsp3) is 1.00. The minimum atomic E-state index is 0.0694. The molecule has 3 heteroatoms. The minimum absolute atomic E-state index is 0.0694. The van der Waals surface area contributed by atoms with E-state index in [-0.39, 0.29) is 6.23 Å². The van der Waals surface area contributed by atoms with Crippen LogP contribution in [0.1, 0.15) is 13.3 Å². The minimum Gasteiger partial charge on any atom is -0.326 e. The smallest absolute Gasteiger partial charge is 0.223 e. The third-order valence-corrected chi connectivity index (χ3v) is 1.43. The van der Waals surface area contributed by atoms with Crippen molar-refractivity contribution in [3.63, 3.8) is 0 Å². The van der Waals surface area contributed by atoms with E-state index >= 15 is 0 Å². The van der Waals surface area contributed by atoms with Gasteiger partial charge in [-0.05, 0) is 6.92 Å². The summed E-state index contributed by atoms with van der Waals surface area (Å²) in [6.07, 6.45) is 1.07. The van der Waals surface area contributed by atoms with E-state index in [0.717, 1.165) is 19.6 Å². The molecule has 8 heavy (non-hydrogen) atoms. The predicted octanol–water partition coefficient (Wildman–Crippen LogP) is -0.973. The van der Waals surface area contributed by atoms with Gasteiger partial charge in [-0.3, -0.25) is 0 Å². The second-order valence-electron chi connectivity index (χ2n) is 1.99. The second-order valence-corrected chi connectivity index (χ2v) is 1.99. The van der Waals surface area contributed by atoms with Crippen LogP contribution in [0.5, 0.6) is 0 Å². The first-order chi connectivity index (χ1) is 3.84. The molecule has 1 saturated heterocycles. The summed E-state index contributed by atoms with van der Waals surface area (Å²) in [6.45, 7) is 3.47. The van der Waals surface area contributed by atoms with Gasteiger partial charge in [0.1, 0.15) is 6.54 Å².